The van der Waals surface area contributed by atoms with E-state index >= 15 is 0 Å². The summed E-state index contributed by atoms with van der Waals surface area (Å²) < 4.78 is 32.8. The van der Waals surface area contributed by atoms with Crippen LogP contribution in [-0.4, -0.2) is 20.2 Å². The van der Waals surface area contributed by atoms with Gasteiger partial charge in [0.1, 0.15) is 5.75 Å². The highest BCUT2D eigenvalue weighted by molar-refractivity contribution is 5.67. The number of hydrogen-bond donors (Lipinski definition) is 1. The van der Waals surface area contributed by atoms with Gasteiger partial charge in [0, 0.05) is 18.0 Å². The van der Waals surface area contributed by atoms with Gasteiger partial charge in [0.25, 0.3) is 0 Å². The normalized spacial score (nSPS) is 18.0. The summed E-state index contributed by atoms with van der Waals surface area (Å²) in [5.74, 6) is -0.494. The zero-order chi connectivity index (χ0) is 14.8. The van der Waals surface area contributed by atoms with E-state index in [0.29, 0.717) is 11.5 Å². The predicted octanol–water partition coefficient (Wildman–Crippen LogP) is 3.72. The van der Waals surface area contributed by atoms with E-state index in [4.69, 9.17) is 4.74 Å². The minimum atomic E-state index is -0.826. The van der Waals surface area contributed by atoms with E-state index in [0.717, 1.165) is 36.9 Å². The molecule has 2 nitrogen and oxygen atoms in total. The molecule has 3 rings (SSSR count). The highest BCUT2D eigenvalue weighted by Gasteiger charge is 2.21. The minimum Gasteiger partial charge on any atom is -0.496 e. The summed E-state index contributed by atoms with van der Waals surface area (Å²) in [7, 11) is 1.63. The molecule has 0 saturated carbocycles. The molecule has 0 radical (unpaired) electrons. The van der Waals surface area contributed by atoms with Crippen molar-refractivity contribution in [2.24, 2.45) is 0 Å². The number of ether oxygens (including phenoxy) is 1. The molecule has 1 aliphatic heterocycles. The van der Waals surface area contributed by atoms with Crippen LogP contribution >= 0.6 is 0 Å². The summed E-state index contributed by atoms with van der Waals surface area (Å²) in [5, 5.41) is 3.31. The van der Waals surface area contributed by atoms with E-state index in [2.05, 4.69) is 5.32 Å². The van der Waals surface area contributed by atoms with Gasteiger partial charge in [0.2, 0.25) is 0 Å². The number of rotatable bonds is 3. The average molecular weight is 289 g/mol. The summed E-state index contributed by atoms with van der Waals surface area (Å²) in [6.45, 7) is 1.85. The molecular weight excluding hydrogens is 272 g/mol. The lowest BCUT2D eigenvalue weighted by Gasteiger charge is -2.16. The minimum absolute atomic E-state index is 0.282. The standard InChI is InChI=1S/C17H17F2NO/c1-21-16-6-5-11(9-14(16)12-7-8-20-10-12)13-3-2-4-15(18)17(13)19/h2-6,9,12,20H,7-8,10H2,1H3. The summed E-state index contributed by atoms with van der Waals surface area (Å²) in [6, 6.07) is 9.75. The number of hydrogen-bond acceptors (Lipinski definition) is 2. The van der Waals surface area contributed by atoms with Gasteiger partial charge in [0.05, 0.1) is 7.11 Å². The van der Waals surface area contributed by atoms with Crippen molar-refractivity contribution >= 4 is 0 Å². The highest BCUT2D eigenvalue weighted by Crippen LogP contribution is 2.35. The van der Waals surface area contributed by atoms with E-state index in [-0.39, 0.29) is 5.56 Å². The van der Waals surface area contributed by atoms with Crippen LogP contribution < -0.4 is 10.1 Å². The van der Waals surface area contributed by atoms with Crippen molar-refractivity contribution in [2.45, 2.75) is 12.3 Å². The number of halogens is 2. The number of methoxy groups -OCH3 is 1. The van der Waals surface area contributed by atoms with Crippen LogP contribution in [0, 0.1) is 11.6 Å². The van der Waals surface area contributed by atoms with Gasteiger partial charge in [-0.05, 0) is 42.3 Å². The summed E-state index contributed by atoms with van der Waals surface area (Å²) >= 11 is 0. The van der Waals surface area contributed by atoms with Crippen molar-refractivity contribution in [1.29, 1.82) is 0 Å². The lowest BCUT2D eigenvalue weighted by Crippen LogP contribution is -2.08. The molecule has 1 unspecified atom stereocenters. The van der Waals surface area contributed by atoms with Crippen LogP contribution in [-0.2, 0) is 0 Å². The maximum Gasteiger partial charge on any atom is 0.166 e. The maximum absolute atomic E-state index is 14.0. The topological polar surface area (TPSA) is 21.3 Å². The van der Waals surface area contributed by atoms with Gasteiger partial charge in [-0.2, -0.15) is 0 Å². The fourth-order valence-corrected chi connectivity index (χ4v) is 2.87. The molecule has 4 heteroatoms. The quantitative estimate of drug-likeness (QED) is 0.930. The van der Waals surface area contributed by atoms with E-state index in [9.17, 15) is 8.78 Å². The smallest absolute Gasteiger partial charge is 0.166 e. The molecule has 1 N–H and O–H groups in total. The molecule has 1 atom stereocenters. The van der Waals surface area contributed by atoms with E-state index in [1.54, 1.807) is 19.2 Å². The molecule has 1 heterocycles. The second-order valence-electron chi connectivity index (χ2n) is 5.25. The summed E-state index contributed by atoms with van der Waals surface area (Å²) in [6.07, 6.45) is 1.02. The average Bonchev–Trinajstić information content (AvgIpc) is 3.03. The lowest BCUT2D eigenvalue weighted by atomic mass is 9.93. The number of benzene rings is 2. The van der Waals surface area contributed by atoms with Gasteiger partial charge in [0.15, 0.2) is 11.6 Å². The molecule has 0 aliphatic carbocycles. The molecule has 0 bridgehead atoms. The van der Waals surface area contributed by atoms with Crippen molar-refractivity contribution in [3.05, 3.63) is 53.6 Å². The predicted molar refractivity (Wildman–Crippen MR) is 78.6 cm³/mol. The summed E-state index contributed by atoms with van der Waals surface area (Å²) in [5.41, 5.74) is 2.00. The van der Waals surface area contributed by atoms with Crippen LogP contribution in [0.1, 0.15) is 17.9 Å². The Morgan fingerprint density at radius 3 is 2.76 bits per heavy atom. The molecule has 21 heavy (non-hydrogen) atoms. The fourth-order valence-electron chi connectivity index (χ4n) is 2.87. The second-order valence-corrected chi connectivity index (χ2v) is 5.25. The van der Waals surface area contributed by atoms with Crippen molar-refractivity contribution < 1.29 is 13.5 Å². The molecule has 0 spiro atoms. The molecule has 110 valence electrons. The van der Waals surface area contributed by atoms with Gasteiger partial charge >= 0.3 is 0 Å². The Hall–Kier alpha value is -1.94. The lowest BCUT2D eigenvalue weighted by molar-refractivity contribution is 0.406. The Morgan fingerprint density at radius 2 is 2.05 bits per heavy atom. The van der Waals surface area contributed by atoms with Gasteiger partial charge in [-0.3, -0.25) is 0 Å². The van der Waals surface area contributed by atoms with Gasteiger partial charge in [-0.1, -0.05) is 18.2 Å². The highest BCUT2D eigenvalue weighted by atomic mass is 19.2. The van der Waals surface area contributed by atoms with Crippen LogP contribution in [0.4, 0.5) is 8.78 Å². The van der Waals surface area contributed by atoms with Crippen LogP contribution in [0.25, 0.3) is 11.1 Å². The van der Waals surface area contributed by atoms with Crippen molar-refractivity contribution in [2.75, 3.05) is 20.2 Å². The van der Waals surface area contributed by atoms with Crippen LogP contribution in [0.3, 0.4) is 0 Å². The first kappa shape index (κ1) is 14.0. The third-order valence-corrected chi connectivity index (χ3v) is 3.99. The molecule has 1 aliphatic rings. The van der Waals surface area contributed by atoms with E-state index in [1.165, 1.54) is 6.07 Å². The van der Waals surface area contributed by atoms with Gasteiger partial charge < -0.3 is 10.1 Å². The van der Waals surface area contributed by atoms with Gasteiger partial charge in [-0.25, -0.2) is 8.78 Å². The molecule has 0 amide bonds. The Morgan fingerprint density at radius 1 is 1.19 bits per heavy atom. The zero-order valence-electron chi connectivity index (χ0n) is 11.8. The first-order valence-electron chi connectivity index (χ1n) is 7.03. The molecule has 2 aromatic carbocycles. The monoisotopic (exact) mass is 289 g/mol. The van der Waals surface area contributed by atoms with Crippen molar-refractivity contribution in [1.82, 2.24) is 5.32 Å². The molecule has 1 fully saturated rings. The Balaban J connectivity index is 2.07. The van der Waals surface area contributed by atoms with Crippen LogP contribution in [0.2, 0.25) is 0 Å². The van der Waals surface area contributed by atoms with Crippen LogP contribution in [0.5, 0.6) is 5.75 Å². The Labute approximate surface area is 122 Å². The number of nitrogens with one attached hydrogen (secondary N) is 1. The Bertz CT molecular complexity index is 651. The second kappa shape index (κ2) is 5.82. The third kappa shape index (κ3) is 2.63. The first-order valence-corrected chi connectivity index (χ1v) is 7.03. The molecule has 2 aromatic rings. The van der Waals surface area contributed by atoms with Crippen LogP contribution in [0.15, 0.2) is 36.4 Å². The van der Waals surface area contributed by atoms with Crippen molar-refractivity contribution in [3.8, 4) is 16.9 Å². The summed E-state index contributed by atoms with van der Waals surface area (Å²) in [4.78, 5) is 0. The molecule has 1 saturated heterocycles. The SMILES string of the molecule is COc1ccc(-c2cccc(F)c2F)cc1C1CCNC1. The zero-order valence-corrected chi connectivity index (χ0v) is 11.8. The molecule has 0 aromatic heterocycles. The first-order chi connectivity index (χ1) is 10.2. The third-order valence-electron chi connectivity index (χ3n) is 3.99. The largest absolute Gasteiger partial charge is 0.496 e. The van der Waals surface area contributed by atoms with E-state index < -0.39 is 11.6 Å². The molecular formula is C17H17F2NO. The maximum atomic E-state index is 14.0. The fraction of sp³-hybridized carbons (Fsp3) is 0.294. The van der Waals surface area contributed by atoms with E-state index in [1.807, 2.05) is 12.1 Å². The van der Waals surface area contributed by atoms with Gasteiger partial charge in [-0.15, -0.1) is 0 Å². The van der Waals surface area contributed by atoms with Crippen molar-refractivity contribution in [3.63, 3.8) is 0 Å². The Kier molecular flexibility index (Phi) is 3.88.